The number of nitrogens with one attached hydrogen (secondary N) is 1. The molecule has 0 aliphatic heterocycles. The van der Waals surface area contributed by atoms with E-state index < -0.39 is 5.56 Å². The normalized spacial score (nSPS) is 10.1. The van der Waals surface area contributed by atoms with Gasteiger partial charge < -0.3 is 4.98 Å². The molecule has 0 unspecified atom stereocenters. The Morgan fingerprint density at radius 2 is 2.06 bits per heavy atom. The molecule has 90 valence electrons. The lowest BCUT2D eigenvalue weighted by molar-refractivity contribution is 0.937. The minimum absolute atomic E-state index is 0.0500. The summed E-state index contributed by atoms with van der Waals surface area (Å²) in [6.07, 6.45) is 1.82. The maximum absolute atomic E-state index is 11.8. The van der Waals surface area contributed by atoms with Gasteiger partial charge in [0.25, 0.3) is 5.56 Å². The predicted octanol–water partition coefficient (Wildman–Crippen LogP) is 2.64. The van der Waals surface area contributed by atoms with Crippen LogP contribution in [0, 0.1) is 14.9 Å². The van der Waals surface area contributed by atoms with Crippen molar-refractivity contribution in [2.75, 3.05) is 6.26 Å². The molecule has 0 radical (unpaired) electrons. The van der Waals surface area contributed by atoms with E-state index in [1.807, 2.05) is 36.6 Å². The maximum atomic E-state index is 11.8. The van der Waals surface area contributed by atoms with E-state index in [0.717, 1.165) is 9.13 Å². The van der Waals surface area contributed by atoms with Gasteiger partial charge in [-0.05, 0) is 41.0 Å². The molecule has 1 aromatic heterocycles. The van der Waals surface area contributed by atoms with Crippen LogP contribution in [0.1, 0.15) is 5.56 Å². The van der Waals surface area contributed by atoms with Gasteiger partial charge in [-0.15, -0.1) is 0 Å². The lowest BCUT2D eigenvalue weighted by atomic mass is 10.1. The number of halogens is 1. The van der Waals surface area contributed by atoms with Gasteiger partial charge in [0.1, 0.15) is 11.6 Å². The summed E-state index contributed by atoms with van der Waals surface area (Å²) in [7, 11) is 0. The Morgan fingerprint density at radius 3 is 2.61 bits per heavy atom. The van der Waals surface area contributed by atoms with Crippen LogP contribution >= 0.6 is 34.4 Å². The van der Waals surface area contributed by atoms with Gasteiger partial charge in [0.15, 0.2) is 5.16 Å². The van der Waals surface area contributed by atoms with Gasteiger partial charge in [-0.2, -0.15) is 5.26 Å². The van der Waals surface area contributed by atoms with Gasteiger partial charge >= 0.3 is 0 Å². The zero-order valence-electron chi connectivity index (χ0n) is 9.40. The fourth-order valence-electron chi connectivity index (χ4n) is 1.47. The topological polar surface area (TPSA) is 69.5 Å². The molecule has 0 aliphatic carbocycles. The standard InChI is InChI=1S/C12H8IN3OS/c1-18-12-15-10(9(6-14)11(17)16-12)7-2-4-8(13)5-3-7/h2-5H,1H3,(H,15,16,17). The number of aromatic amines is 1. The van der Waals surface area contributed by atoms with Crippen LogP contribution in [0.5, 0.6) is 0 Å². The number of nitrogens with zero attached hydrogens (tertiary/aromatic N) is 2. The molecule has 0 aliphatic rings. The van der Waals surface area contributed by atoms with Crippen LogP contribution in [0.15, 0.2) is 34.2 Å². The van der Waals surface area contributed by atoms with Gasteiger partial charge in [0.05, 0.1) is 5.69 Å². The van der Waals surface area contributed by atoms with Crippen LogP contribution in [-0.4, -0.2) is 16.2 Å². The van der Waals surface area contributed by atoms with Crippen LogP contribution in [-0.2, 0) is 0 Å². The minimum atomic E-state index is -0.398. The second kappa shape index (κ2) is 5.54. The third kappa shape index (κ3) is 2.57. The third-order valence-corrected chi connectivity index (χ3v) is 3.62. The molecule has 1 heterocycles. The van der Waals surface area contributed by atoms with Gasteiger partial charge in [-0.25, -0.2) is 4.98 Å². The van der Waals surface area contributed by atoms with Crippen molar-refractivity contribution in [3.05, 3.63) is 43.8 Å². The number of aromatic nitrogens is 2. The van der Waals surface area contributed by atoms with E-state index in [-0.39, 0.29) is 5.56 Å². The van der Waals surface area contributed by atoms with E-state index >= 15 is 0 Å². The Kier molecular flexibility index (Phi) is 4.04. The van der Waals surface area contributed by atoms with Gasteiger partial charge in [0, 0.05) is 9.13 Å². The number of hydrogen-bond acceptors (Lipinski definition) is 4. The molecule has 1 aromatic carbocycles. The highest BCUT2D eigenvalue weighted by Gasteiger charge is 2.12. The van der Waals surface area contributed by atoms with Crippen molar-refractivity contribution >= 4 is 34.4 Å². The van der Waals surface area contributed by atoms with Crippen LogP contribution < -0.4 is 5.56 Å². The first-order chi connectivity index (χ1) is 8.65. The van der Waals surface area contributed by atoms with Crippen molar-refractivity contribution in [1.82, 2.24) is 9.97 Å². The number of nitriles is 1. The Labute approximate surface area is 122 Å². The van der Waals surface area contributed by atoms with E-state index in [2.05, 4.69) is 32.6 Å². The van der Waals surface area contributed by atoms with Crippen LogP contribution in [0.3, 0.4) is 0 Å². The predicted molar refractivity (Wildman–Crippen MR) is 79.5 cm³/mol. The number of H-pyrrole nitrogens is 1. The highest BCUT2D eigenvalue weighted by molar-refractivity contribution is 14.1. The highest BCUT2D eigenvalue weighted by Crippen LogP contribution is 2.21. The fraction of sp³-hybridized carbons (Fsp3) is 0.0833. The summed E-state index contributed by atoms with van der Waals surface area (Å²) in [4.78, 5) is 18.6. The molecule has 0 amide bonds. The average Bonchev–Trinajstić information content (AvgIpc) is 2.38. The molecular weight excluding hydrogens is 361 g/mol. The number of benzene rings is 1. The Morgan fingerprint density at radius 1 is 1.39 bits per heavy atom. The lowest BCUT2D eigenvalue weighted by Crippen LogP contribution is -2.14. The lowest BCUT2D eigenvalue weighted by Gasteiger charge is -2.05. The smallest absolute Gasteiger partial charge is 0.270 e. The molecule has 0 saturated heterocycles. The van der Waals surface area contributed by atoms with Gasteiger partial charge in [-0.3, -0.25) is 4.79 Å². The number of thioether (sulfide) groups is 1. The summed E-state index contributed by atoms with van der Waals surface area (Å²) in [6.45, 7) is 0. The van der Waals surface area contributed by atoms with Crippen molar-refractivity contribution in [2.24, 2.45) is 0 Å². The SMILES string of the molecule is CSc1nc(-c2ccc(I)cc2)c(C#N)c(=O)[nH]1. The summed E-state index contributed by atoms with van der Waals surface area (Å²) in [5.74, 6) is 0. The second-order valence-electron chi connectivity index (χ2n) is 3.42. The van der Waals surface area contributed by atoms with E-state index in [9.17, 15) is 4.79 Å². The van der Waals surface area contributed by atoms with E-state index in [1.165, 1.54) is 11.8 Å². The van der Waals surface area contributed by atoms with Crippen LogP contribution in [0.4, 0.5) is 0 Å². The molecule has 0 saturated carbocycles. The molecule has 4 nitrogen and oxygen atoms in total. The summed E-state index contributed by atoms with van der Waals surface area (Å²) < 4.78 is 1.09. The monoisotopic (exact) mass is 369 g/mol. The first-order valence-corrected chi connectivity index (χ1v) is 7.30. The molecule has 0 fully saturated rings. The van der Waals surface area contributed by atoms with Crippen molar-refractivity contribution in [1.29, 1.82) is 5.26 Å². The van der Waals surface area contributed by atoms with E-state index in [0.29, 0.717) is 10.9 Å². The van der Waals surface area contributed by atoms with Gasteiger partial charge in [-0.1, -0.05) is 23.9 Å². The summed E-state index contributed by atoms with van der Waals surface area (Å²) in [5.41, 5.74) is 0.856. The Balaban J connectivity index is 2.69. The van der Waals surface area contributed by atoms with E-state index in [1.54, 1.807) is 0 Å². The van der Waals surface area contributed by atoms with Crippen molar-refractivity contribution in [3.8, 4) is 17.3 Å². The highest BCUT2D eigenvalue weighted by atomic mass is 127. The molecule has 18 heavy (non-hydrogen) atoms. The first kappa shape index (κ1) is 13.1. The maximum Gasteiger partial charge on any atom is 0.270 e. The third-order valence-electron chi connectivity index (χ3n) is 2.32. The van der Waals surface area contributed by atoms with Crippen molar-refractivity contribution in [2.45, 2.75) is 5.16 Å². The largest absolute Gasteiger partial charge is 0.300 e. The molecular formula is C12H8IN3OS. The number of hydrogen-bond donors (Lipinski definition) is 1. The Bertz CT molecular complexity index is 673. The second-order valence-corrected chi connectivity index (χ2v) is 5.46. The molecule has 0 spiro atoms. The molecule has 1 N–H and O–H groups in total. The molecule has 0 atom stereocenters. The zero-order chi connectivity index (χ0) is 13.1. The Hall–Kier alpha value is -1.33. The molecule has 2 aromatic rings. The van der Waals surface area contributed by atoms with Crippen LogP contribution in [0.25, 0.3) is 11.3 Å². The summed E-state index contributed by atoms with van der Waals surface area (Å²) in [6, 6.07) is 9.45. The minimum Gasteiger partial charge on any atom is -0.300 e. The van der Waals surface area contributed by atoms with Crippen molar-refractivity contribution < 1.29 is 0 Å². The van der Waals surface area contributed by atoms with Gasteiger partial charge in [0.2, 0.25) is 0 Å². The summed E-state index contributed by atoms with van der Waals surface area (Å²) in [5, 5.41) is 9.57. The van der Waals surface area contributed by atoms with Crippen molar-refractivity contribution in [3.63, 3.8) is 0 Å². The average molecular weight is 369 g/mol. The molecule has 6 heteroatoms. The molecule has 0 bridgehead atoms. The molecule has 2 rings (SSSR count). The fourth-order valence-corrected chi connectivity index (χ4v) is 2.21. The first-order valence-electron chi connectivity index (χ1n) is 5.00. The van der Waals surface area contributed by atoms with E-state index in [4.69, 9.17) is 5.26 Å². The number of rotatable bonds is 2. The quantitative estimate of drug-likeness (QED) is 0.502. The zero-order valence-corrected chi connectivity index (χ0v) is 12.4. The summed E-state index contributed by atoms with van der Waals surface area (Å²) >= 11 is 3.53. The van der Waals surface area contributed by atoms with Crippen LogP contribution in [0.2, 0.25) is 0 Å².